The van der Waals surface area contributed by atoms with Gasteiger partial charge in [-0.2, -0.15) is 13.2 Å². The molecule has 0 bridgehead atoms. The Morgan fingerprint density at radius 2 is 1.49 bits per heavy atom. The van der Waals surface area contributed by atoms with Gasteiger partial charge in [-0.05, 0) is 93.0 Å². The SMILES string of the molecule is CC(C)(C)OC(=O)N1CC2(CNC(=O)c3c2[nH]c2c3CCc3cnc(Cl)cc3-2)C1.Cn1c2c(c3c1C1(CNC1)CNC3=O)CCc1cnc(-c3ccc(C(F)(F)F)nc3)cc1-2. The Hall–Kier alpha value is -5.74. The number of aromatic amines is 1. The first-order chi connectivity index (χ1) is 29.0. The Kier molecular flexibility index (Phi) is 8.80. The highest BCUT2D eigenvalue weighted by molar-refractivity contribution is 6.29. The number of likely N-dealkylation sites (tertiary alicyclic amines) is 1. The number of carbonyl (C=O) groups excluding carboxylic acids is 3. The second-order valence-electron chi connectivity index (χ2n) is 18.0. The van der Waals surface area contributed by atoms with Crippen molar-refractivity contribution in [1.82, 2.24) is 45.4 Å². The van der Waals surface area contributed by atoms with E-state index in [0.29, 0.717) is 42.6 Å². The quantitative estimate of drug-likeness (QED) is 0.152. The molecule has 0 saturated carbocycles. The standard InChI is InChI=1S/C23H20F3N5O.C21H23ClN4O3/c1-31-19-14(18-20(31)22(9-27-10-22)11-30-21(18)32)4-2-12-7-28-16(6-15(12)19)13-3-5-17(29-8-13)23(24,25)26;1-20(2,3)29-19(28)26-9-21(10-26)8-24-18(27)15-12-5-4-11-7-23-14(22)6-13(11)16(12)25-17(15)21/h3,5-8,27H,2,4,9-11H2,1H3,(H,30,32);6-7,25H,4-5,8-10H2,1-3H3,(H,24,27). The third-order valence-electron chi connectivity index (χ3n) is 12.9. The Morgan fingerprint density at radius 3 is 2.15 bits per heavy atom. The van der Waals surface area contributed by atoms with Gasteiger partial charge in [0.15, 0.2) is 0 Å². The minimum absolute atomic E-state index is 0.0287. The van der Waals surface area contributed by atoms with Crippen molar-refractivity contribution in [2.24, 2.45) is 7.05 Å². The van der Waals surface area contributed by atoms with Gasteiger partial charge < -0.3 is 35.1 Å². The maximum absolute atomic E-state index is 12.9. The molecule has 316 valence electrons. The molecule has 4 aliphatic heterocycles. The molecule has 5 aromatic rings. The number of halogens is 4. The van der Waals surface area contributed by atoms with Gasteiger partial charge in [-0.3, -0.25) is 19.6 Å². The number of rotatable bonds is 1. The van der Waals surface area contributed by atoms with Gasteiger partial charge in [0.1, 0.15) is 16.4 Å². The molecule has 2 spiro atoms. The fourth-order valence-electron chi connectivity index (χ4n) is 10.0. The average molecular weight is 854 g/mol. The monoisotopic (exact) mass is 853 g/mol. The van der Waals surface area contributed by atoms with E-state index >= 15 is 0 Å². The largest absolute Gasteiger partial charge is 0.444 e. The van der Waals surface area contributed by atoms with Crippen molar-refractivity contribution in [3.05, 3.63) is 98.5 Å². The molecule has 9 heterocycles. The predicted octanol–water partition coefficient (Wildman–Crippen LogP) is 5.91. The highest BCUT2D eigenvalue weighted by atomic mass is 35.5. The average Bonchev–Trinajstić information content (AvgIpc) is 3.74. The van der Waals surface area contributed by atoms with E-state index in [1.54, 1.807) is 11.1 Å². The van der Waals surface area contributed by atoms with Crippen molar-refractivity contribution in [2.45, 2.75) is 69.1 Å². The lowest BCUT2D eigenvalue weighted by molar-refractivity contribution is -0.141. The van der Waals surface area contributed by atoms with Gasteiger partial charge >= 0.3 is 12.3 Å². The van der Waals surface area contributed by atoms with Crippen LogP contribution in [0, 0.1) is 0 Å². The van der Waals surface area contributed by atoms with Crippen LogP contribution in [0.25, 0.3) is 33.8 Å². The summed E-state index contributed by atoms with van der Waals surface area (Å²) < 4.78 is 46.3. The van der Waals surface area contributed by atoms with Gasteiger partial charge in [-0.25, -0.2) is 9.78 Å². The van der Waals surface area contributed by atoms with E-state index in [1.807, 2.05) is 46.1 Å². The molecule has 2 fully saturated rings. The first-order valence-electron chi connectivity index (χ1n) is 20.4. The summed E-state index contributed by atoms with van der Waals surface area (Å²) in [7, 11) is 2.01. The van der Waals surface area contributed by atoms with Crippen LogP contribution in [-0.2, 0) is 54.5 Å². The Labute approximate surface area is 353 Å². The molecule has 2 aliphatic carbocycles. The minimum Gasteiger partial charge on any atom is -0.444 e. The summed E-state index contributed by atoms with van der Waals surface area (Å²) >= 11 is 6.14. The first kappa shape index (κ1) is 39.4. The summed E-state index contributed by atoms with van der Waals surface area (Å²) in [6, 6.07) is 6.13. The topological polar surface area (TPSA) is 159 Å². The summed E-state index contributed by atoms with van der Waals surface area (Å²) in [6.07, 6.45) is 3.12. The number of nitrogens with zero attached hydrogens (tertiary/aromatic N) is 5. The third kappa shape index (κ3) is 6.31. The Balaban J connectivity index is 0.000000147. The molecule has 0 aromatic carbocycles. The van der Waals surface area contributed by atoms with E-state index in [9.17, 15) is 27.6 Å². The molecular weight excluding hydrogens is 811 g/mol. The fourth-order valence-corrected chi connectivity index (χ4v) is 10.2. The van der Waals surface area contributed by atoms with E-state index in [1.165, 1.54) is 12.3 Å². The summed E-state index contributed by atoms with van der Waals surface area (Å²) in [4.78, 5) is 55.5. The van der Waals surface area contributed by atoms with E-state index in [0.717, 1.165) is 112 Å². The Bertz CT molecular complexity index is 2690. The van der Waals surface area contributed by atoms with Crippen molar-refractivity contribution in [1.29, 1.82) is 0 Å². The molecule has 11 rings (SSSR count). The van der Waals surface area contributed by atoms with Gasteiger partial charge in [0.05, 0.1) is 39.0 Å². The van der Waals surface area contributed by atoms with Crippen molar-refractivity contribution < 1.29 is 32.3 Å². The number of aryl methyl sites for hydroxylation is 2. The van der Waals surface area contributed by atoms with Crippen LogP contribution in [0.5, 0.6) is 0 Å². The number of carbonyl (C=O) groups is 3. The molecule has 0 unspecified atom stereocenters. The number of fused-ring (bicyclic) bond motifs is 12. The van der Waals surface area contributed by atoms with Crippen LogP contribution in [-0.4, -0.2) is 92.2 Å². The number of ether oxygens (including phenoxy) is 1. The molecular formula is C44H43ClF3N9O4. The van der Waals surface area contributed by atoms with Crippen LogP contribution in [0.2, 0.25) is 5.15 Å². The molecule has 3 amide bonds. The van der Waals surface area contributed by atoms with Gasteiger partial charge in [0, 0.05) is 93.0 Å². The molecule has 0 radical (unpaired) electrons. The maximum Gasteiger partial charge on any atom is 0.433 e. The lowest BCUT2D eigenvalue weighted by Gasteiger charge is -2.51. The lowest BCUT2D eigenvalue weighted by atomic mass is 9.72. The number of nitrogens with one attached hydrogen (secondary N) is 4. The predicted molar refractivity (Wildman–Crippen MR) is 219 cm³/mol. The molecule has 17 heteroatoms. The zero-order valence-corrected chi connectivity index (χ0v) is 34.7. The van der Waals surface area contributed by atoms with Crippen LogP contribution in [0.3, 0.4) is 0 Å². The number of H-pyrrole nitrogens is 1. The zero-order valence-electron chi connectivity index (χ0n) is 34.0. The number of hydrogen-bond acceptors (Lipinski definition) is 8. The Morgan fingerprint density at radius 1 is 0.820 bits per heavy atom. The van der Waals surface area contributed by atoms with Crippen molar-refractivity contribution in [3.8, 4) is 33.8 Å². The van der Waals surface area contributed by atoms with Crippen LogP contribution < -0.4 is 16.0 Å². The highest BCUT2D eigenvalue weighted by Gasteiger charge is 2.54. The van der Waals surface area contributed by atoms with Crippen molar-refractivity contribution in [2.75, 3.05) is 39.3 Å². The van der Waals surface area contributed by atoms with Crippen molar-refractivity contribution in [3.63, 3.8) is 0 Å². The normalized spacial score (nSPS) is 18.7. The van der Waals surface area contributed by atoms with Crippen LogP contribution >= 0.6 is 11.6 Å². The van der Waals surface area contributed by atoms with Gasteiger partial charge in [0.25, 0.3) is 11.8 Å². The summed E-state index contributed by atoms with van der Waals surface area (Å²) in [6.45, 7) is 9.36. The molecule has 0 atom stereocenters. The number of pyridine rings is 3. The zero-order chi connectivity index (χ0) is 42.8. The fraction of sp³-hybridized carbons (Fsp3) is 0.409. The van der Waals surface area contributed by atoms with Crippen molar-refractivity contribution >= 4 is 29.5 Å². The summed E-state index contributed by atoms with van der Waals surface area (Å²) in [5.74, 6) is -0.0820. The van der Waals surface area contributed by atoms with Gasteiger partial charge in [-0.15, -0.1) is 0 Å². The van der Waals surface area contributed by atoms with Crippen LogP contribution in [0.4, 0.5) is 18.0 Å². The number of alkyl halides is 3. The second-order valence-corrected chi connectivity index (χ2v) is 18.4. The smallest absolute Gasteiger partial charge is 0.433 e. The van der Waals surface area contributed by atoms with E-state index in [-0.39, 0.29) is 28.7 Å². The van der Waals surface area contributed by atoms with E-state index in [4.69, 9.17) is 16.3 Å². The minimum atomic E-state index is -4.48. The highest BCUT2D eigenvalue weighted by Crippen LogP contribution is 2.47. The van der Waals surface area contributed by atoms with E-state index in [2.05, 4.69) is 40.5 Å². The summed E-state index contributed by atoms with van der Waals surface area (Å²) in [5.41, 5.74) is 10.9. The van der Waals surface area contributed by atoms with Gasteiger partial charge in [0.2, 0.25) is 0 Å². The third-order valence-corrected chi connectivity index (χ3v) is 13.1. The summed E-state index contributed by atoms with van der Waals surface area (Å²) in [5, 5.41) is 9.87. The molecule has 5 aromatic heterocycles. The lowest BCUT2D eigenvalue weighted by Crippen LogP contribution is -2.67. The maximum atomic E-state index is 12.9. The molecule has 13 nitrogen and oxygen atoms in total. The molecule has 61 heavy (non-hydrogen) atoms. The number of amides is 3. The first-order valence-corrected chi connectivity index (χ1v) is 20.7. The number of hydrogen-bond donors (Lipinski definition) is 4. The second kappa shape index (κ2) is 13.6. The number of aromatic nitrogens is 5. The molecule has 6 aliphatic rings. The van der Waals surface area contributed by atoms with E-state index < -0.39 is 17.5 Å². The van der Waals surface area contributed by atoms with Gasteiger partial charge in [-0.1, -0.05) is 11.6 Å². The molecule has 4 N–H and O–H groups in total. The molecule has 2 saturated heterocycles. The van der Waals surface area contributed by atoms with Crippen LogP contribution in [0.1, 0.15) is 80.8 Å². The van der Waals surface area contributed by atoms with Crippen LogP contribution in [0.15, 0.2) is 42.9 Å².